The van der Waals surface area contributed by atoms with Gasteiger partial charge in [-0.25, -0.2) is 22.5 Å². The van der Waals surface area contributed by atoms with Gasteiger partial charge in [0.1, 0.15) is 23.2 Å². The number of thiazole rings is 1. The molecule has 3 aromatic rings. The zero-order valence-electron chi connectivity index (χ0n) is 15.7. The number of H-pyrrole nitrogens is 1. The van der Waals surface area contributed by atoms with Crippen LogP contribution in [0.1, 0.15) is 5.69 Å². The average molecular weight is 443 g/mol. The van der Waals surface area contributed by atoms with Crippen LogP contribution in [0.2, 0.25) is 0 Å². The third-order valence-corrected chi connectivity index (χ3v) is 5.86. The van der Waals surface area contributed by atoms with Crippen molar-refractivity contribution in [2.75, 3.05) is 32.2 Å². The van der Waals surface area contributed by atoms with Gasteiger partial charge in [0.25, 0.3) is 21.8 Å². The van der Waals surface area contributed by atoms with Gasteiger partial charge in [0.2, 0.25) is 11.7 Å². The predicted molar refractivity (Wildman–Crippen MR) is 104 cm³/mol. The van der Waals surface area contributed by atoms with Crippen molar-refractivity contribution in [2.24, 2.45) is 0 Å². The molecule has 0 atom stereocenters. The number of halogens is 1. The molecule has 0 amide bonds. The number of aromatic amines is 1. The van der Waals surface area contributed by atoms with Crippen LogP contribution in [-0.4, -0.2) is 55.9 Å². The van der Waals surface area contributed by atoms with Crippen LogP contribution < -0.4 is 18.9 Å². The molecule has 3 aromatic heterocycles. The Bertz CT molecular complexity index is 1070. The second-order valence-electron chi connectivity index (χ2n) is 5.58. The lowest BCUT2D eigenvalue weighted by atomic mass is 10.4. The molecule has 3 heterocycles. The summed E-state index contributed by atoms with van der Waals surface area (Å²) in [5.41, 5.74) is 1.40. The highest BCUT2D eigenvalue weighted by molar-refractivity contribution is 7.92. The zero-order chi connectivity index (χ0) is 21.0. The van der Waals surface area contributed by atoms with Crippen molar-refractivity contribution in [1.29, 1.82) is 0 Å². The number of alkyl halides is 1. The van der Waals surface area contributed by atoms with Crippen LogP contribution in [0.5, 0.6) is 17.5 Å². The molecule has 0 saturated heterocycles. The standard InChI is InChI=1S/C16H18FN5O5S2/c1-9-8-28-15(19-9)11-6-10(7-18-11)29(23,24)22-16-20-13(25-2)12(27-5-4-17)14(21-16)26-3/h6-8,18H,4-5H2,1-3H3,(H,20,21,22). The van der Waals surface area contributed by atoms with Crippen molar-refractivity contribution >= 4 is 27.3 Å². The maximum absolute atomic E-state index is 12.7. The van der Waals surface area contributed by atoms with E-state index in [4.69, 9.17) is 14.2 Å². The monoisotopic (exact) mass is 443 g/mol. The van der Waals surface area contributed by atoms with Crippen molar-refractivity contribution in [1.82, 2.24) is 19.9 Å². The molecule has 10 nitrogen and oxygen atoms in total. The summed E-state index contributed by atoms with van der Waals surface area (Å²) in [6.07, 6.45) is 1.33. The molecule has 0 aromatic carbocycles. The fourth-order valence-corrected chi connectivity index (χ4v) is 4.02. The lowest BCUT2D eigenvalue weighted by molar-refractivity contribution is 0.240. The number of hydrogen-bond acceptors (Lipinski definition) is 9. The fourth-order valence-electron chi connectivity index (χ4n) is 2.31. The van der Waals surface area contributed by atoms with E-state index in [0.717, 1.165) is 5.69 Å². The van der Waals surface area contributed by atoms with Crippen molar-refractivity contribution in [3.63, 3.8) is 0 Å². The maximum atomic E-state index is 12.7. The Labute approximate surface area is 170 Å². The van der Waals surface area contributed by atoms with Crippen molar-refractivity contribution in [3.05, 3.63) is 23.3 Å². The Morgan fingerprint density at radius 3 is 2.45 bits per heavy atom. The van der Waals surface area contributed by atoms with Gasteiger partial charge < -0.3 is 19.2 Å². The van der Waals surface area contributed by atoms with E-state index < -0.39 is 16.7 Å². The number of methoxy groups -OCH3 is 2. The van der Waals surface area contributed by atoms with E-state index in [-0.39, 0.29) is 35.0 Å². The summed E-state index contributed by atoms with van der Waals surface area (Å²) in [5.74, 6) is -0.523. The van der Waals surface area contributed by atoms with E-state index >= 15 is 0 Å². The Hall–Kier alpha value is -2.93. The summed E-state index contributed by atoms with van der Waals surface area (Å²) in [6.45, 7) is 0.847. The molecule has 0 unspecified atom stereocenters. The molecule has 0 saturated carbocycles. The molecule has 29 heavy (non-hydrogen) atoms. The van der Waals surface area contributed by atoms with Gasteiger partial charge in [0.15, 0.2) is 0 Å². The minimum Gasteiger partial charge on any atom is -0.481 e. The SMILES string of the molecule is COc1nc(NS(=O)(=O)c2c[nH]c(-c3nc(C)cs3)c2)nc(OC)c1OCCF. The smallest absolute Gasteiger partial charge is 0.265 e. The molecule has 0 fully saturated rings. The van der Waals surface area contributed by atoms with Crippen LogP contribution in [0.25, 0.3) is 10.7 Å². The lowest BCUT2D eigenvalue weighted by Crippen LogP contribution is -2.16. The predicted octanol–water partition coefficient (Wildman–Crippen LogP) is 2.40. The van der Waals surface area contributed by atoms with Gasteiger partial charge in [-0.2, -0.15) is 9.97 Å². The highest BCUT2D eigenvalue weighted by Crippen LogP contribution is 2.35. The Kier molecular flexibility index (Phi) is 6.17. The van der Waals surface area contributed by atoms with Crippen LogP contribution in [0.4, 0.5) is 10.3 Å². The van der Waals surface area contributed by atoms with E-state index in [1.165, 1.54) is 37.8 Å². The minimum absolute atomic E-state index is 0.0281. The van der Waals surface area contributed by atoms with Gasteiger partial charge in [0.05, 0.1) is 19.9 Å². The quantitative estimate of drug-likeness (QED) is 0.516. The maximum Gasteiger partial charge on any atom is 0.265 e. The number of nitrogens with zero attached hydrogens (tertiary/aromatic N) is 3. The Morgan fingerprint density at radius 1 is 1.21 bits per heavy atom. The number of rotatable bonds is 9. The van der Waals surface area contributed by atoms with Crippen molar-refractivity contribution in [3.8, 4) is 28.2 Å². The molecule has 3 rings (SSSR count). The number of nitrogens with one attached hydrogen (secondary N) is 2. The molecule has 2 N–H and O–H groups in total. The van der Waals surface area contributed by atoms with Gasteiger partial charge in [-0.3, -0.25) is 0 Å². The van der Waals surface area contributed by atoms with Crippen molar-refractivity contribution < 1.29 is 27.0 Å². The number of sulfonamides is 1. The summed E-state index contributed by atoms with van der Waals surface area (Å²) in [4.78, 5) is 15.1. The Balaban J connectivity index is 1.89. The van der Waals surface area contributed by atoms with E-state index in [0.29, 0.717) is 10.7 Å². The normalized spacial score (nSPS) is 11.3. The van der Waals surface area contributed by atoms with E-state index in [1.807, 2.05) is 12.3 Å². The first-order chi connectivity index (χ1) is 13.9. The summed E-state index contributed by atoms with van der Waals surface area (Å²) < 4.78 is 55.5. The van der Waals surface area contributed by atoms with Gasteiger partial charge in [0, 0.05) is 17.3 Å². The number of aromatic nitrogens is 4. The fraction of sp³-hybridized carbons (Fsp3) is 0.312. The summed E-state index contributed by atoms with van der Waals surface area (Å²) in [5, 5.41) is 2.53. The molecule has 13 heteroatoms. The van der Waals surface area contributed by atoms with Gasteiger partial charge in [-0.15, -0.1) is 11.3 Å². The minimum atomic E-state index is -4.01. The molecular weight excluding hydrogens is 425 g/mol. The second-order valence-corrected chi connectivity index (χ2v) is 8.12. The van der Waals surface area contributed by atoms with Gasteiger partial charge in [-0.1, -0.05) is 0 Å². The summed E-state index contributed by atoms with van der Waals surface area (Å²) in [7, 11) is -1.41. The molecule has 0 radical (unpaired) electrons. The zero-order valence-corrected chi connectivity index (χ0v) is 17.4. The van der Waals surface area contributed by atoms with Crippen LogP contribution in [0, 0.1) is 6.92 Å². The molecule has 156 valence electrons. The second kappa shape index (κ2) is 8.61. The van der Waals surface area contributed by atoms with E-state index in [1.54, 1.807) is 0 Å². The molecule has 0 aliphatic carbocycles. The van der Waals surface area contributed by atoms with E-state index in [2.05, 4.69) is 24.7 Å². The van der Waals surface area contributed by atoms with Crippen LogP contribution >= 0.6 is 11.3 Å². The third kappa shape index (κ3) is 4.56. The first-order valence-corrected chi connectivity index (χ1v) is 10.6. The molecular formula is C16H18FN5O5S2. The first-order valence-electron chi connectivity index (χ1n) is 8.20. The van der Waals surface area contributed by atoms with Crippen LogP contribution in [0.3, 0.4) is 0 Å². The van der Waals surface area contributed by atoms with Gasteiger partial charge in [-0.05, 0) is 13.0 Å². The topological polar surface area (TPSA) is 128 Å². The number of aryl methyl sites for hydroxylation is 1. The summed E-state index contributed by atoms with van der Waals surface area (Å²) >= 11 is 1.39. The Morgan fingerprint density at radius 2 is 1.90 bits per heavy atom. The third-order valence-electron chi connectivity index (χ3n) is 3.56. The first kappa shape index (κ1) is 20.8. The molecule has 0 spiro atoms. The molecule has 0 aliphatic rings. The molecule has 0 bridgehead atoms. The highest BCUT2D eigenvalue weighted by Gasteiger charge is 2.23. The van der Waals surface area contributed by atoms with Crippen molar-refractivity contribution in [2.45, 2.75) is 11.8 Å². The van der Waals surface area contributed by atoms with Crippen LogP contribution in [-0.2, 0) is 10.0 Å². The van der Waals surface area contributed by atoms with E-state index in [9.17, 15) is 12.8 Å². The summed E-state index contributed by atoms with van der Waals surface area (Å²) in [6, 6.07) is 1.45. The highest BCUT2D eigenvalue weighted by atomic mass is 32.2. The molecule has 0 aliphatic heterocycles. The van der Waals surface area contributed by atoms with Crippen LogP contribution in [0.15, 0.2) is 22.5 Å². The van der Waals surface area contributed by atoms with Gasteiger partial charge >= 0.3 is 0 Å². The lowest BCUT2D eigenvalue weighted by Gasteiger charge is -2.13. The number of anilines is 1. The number of ether oxygens (including phenoxy) is 3. The number of hydrogen-bond donors (Lipinski definition) is 2. The largest absolute Gasteiger partial charge is 0.481 e. The average Bonchev–Trinajstić information content (AvgIpc) is 3.35.